The van der Waals surface area contributed by atoms with Crippen LogP contribution in [-0.4, -0.2) is 45.4 Å². The molecule has 1 aliphatic rings. The largest absolute Gasteiger partial charge is 0.493 e. The molecule has 0 amide bonds. The first kappa shape index (κ1) is 25.6. The van der Waals surface area contributed by atoms with E-state index in [0.29, 0.717) is 23.8 Å². The summed E-state index contributed by atoms with van der Waals surface area (Å²) in [5, 5.41) is 3.36. The lowest BCUT2D eigenvalue weighted by atomic mass is 10.0. The lowest BCUT2D eigenvalue weighted by Crippen LogP contribution is -2.43. The van der Waals surface area contributed by atoms with Crippen LogP contribution < -0.4 is 24.4 Å². The van der Waals surface area contributed by atoms with Crippen LogP contribution in [0.2, 0.25) is 0 Å². The van der Waals surface area contributed by atoms with Crippen molar-refractivity contribution in [2.75, 3.05) is 39.3 Å². The first-order chi connectivity index (χ1) is 17.3. The molecule has 9 heteroatoms. The summed E-state index contributed by atoms with van der Waals surface area (Å²) in [5.74, 6) is 1.56. The first-order valence-electron chi connectivity index (χ1n) is 11.7. The molecule has 1 aliphatic heterocycles. The lowest BCUT2D eigenvalue weighted by molar-refractivity contribution is -0.137. The van der Waals surface area contributed by atoms with Crippen molar-refractivity contribution < 1.29 is 27.4 Å². The van der Waals surface area contributed by atoms with E-state index in [-0.39, 0.29) is 6.04 Å². The SMILES string of the molecule is COc1cc(-c2cc(CN(c3ccc(C(F)(F)F)cc3)C3CCNCC3)ccn2)cc(OC)c1OC. The van der Waals surface area contributed by atoms with Crippen molar-refractivity contribution in [1.82, 2.24) is 10.3 Å². The second-order valence-corrected chi connectivity index (χ2v) is 8.62. The molecule has 0 radical (unpaired) electrons. The topological polar surface area (TPSA) is 55.9 Å². The molecule has 0 spiro atoms. The summed E-state index contributed by atoms with van der Waals surface area (Å²) in [7, 11) is 4.67. The maximum atomic E-state index is 13.1. The van der Waals surface area contributed by atoms with Gasteiger partial charge in [0.2, 0.25) is 5.75 Å². The third-order valence-corrected chi connectivity index (χ3v) is 6.41. The molecule has 0 bridgehead atoms. The quantitative estimate of drug-likeness (QED) is 0.437. The average molecular weight is 502 g/mol. The Bertz CT molecular complexity index is 1140. The Morgan fingerprint density at radius 3 is 2.11 bits per heavy atom. The summed E-state index contributed by atoms with van der Waals surface area (Å²) in [5.41, 5.74) is 2.64. The minimum atomic E-state index is -4.36. The van der Waals surface area contributed by atoms with Gasteiger partial charge in [0, 0.05) is 30.0 Å². The molecule has 0 atom stereocenters. The van der Waals surface area contributed by atoms with Gasteiger partial charge in [-0.2, -0.15) is 13.2 Å². The van der Waals surface area contributed by atoms with Gasteiger partial charge in [0.05, 0.1) is 32.6 Å². The third-order valence-electron chi connectivity index (χ3n) is 6.41. The Balaban J connectivity index is 1.66. The van der Waals surface area contributed by atoms with Gasteiger partial charge in [-0.3, -0.25) is 4.98 Å². The molecule has 192 valence electrons. The van der Waals surface area contributed by atoms with Crippen LogP contribution in [0.25, 0.3) is 11.3 Å². The number of rotatable bonds is 8. The Morgan fingerprint density at radius 2 is 1.56 bits per heavy atom. The number of anilines is 1. The van der Waals surface area contributed by atoms with Crippen LogP contribution in [0.15, 0.2) is 54.7 Å². The highest BCUT2D eigenvalue weighted by molar-refractivity contribution is 5.69. The van der Waals surface area contributed by atoms with E-state index in [4.69, 9.17) is 14.2 Å². The molecule has 0 unspecified atom stereocenters. The fourth-order valence-electron chi connectivity index (χ4n) is 4.55. The van der Waals surface area contributed by atoms with Crippen molar-refractivity contribution in [2.24, 2.45) is 0 Å². The molecule has 2 aromatic carbocycles. The van der Waals surface area contributed by atoms with Gasteiger partial charge in [-0.25, -0.2) is 0 Å². The summed E-state index contributed by atoms with van der Waals surface area (Å²) in [4.78, 5) is 6.73. The van der Waals surface area contributed by atoms with Gasteiger partial charge in [0.15, 0.2) is 11.5 Å². The van der Waals surface area contributed by atoms with Crippen LogP contribution in [-0.2, 0) is 12.7 Å². The van der Waals surface area contributed by atoms with Crippen molar-refractivity contribution in [3.8, 4) is 28.5 Å². The molecule has 36 heavy (non-hydrogen) atoms. The maximum Gasteiger partial charge on any atom is 0.416 e. The molecular weight excluding hydrogens is 471 g/mol. The predicted molar refractivity (Wildman–Crippen MR) is 133 cm³/mol. The predicted octanol–water partition coefficient (Wildman–Crippen LogP) is 5.55. The first-order valence-corrected chi connectivity index (χ1v) is 11.7. The van der Waals surface area contributed by atoms with Crippen molar-refractivity contribution in [2.45, 2.75) is 31.6 Å². The zero-order valence-corrected chi connectivity index (χ0v) is 20.6. The Morgan fingerprint density at radius 1 is 0.917 bits per heavy atom. The summed E-state index contributed by atoms with van der Waals surface area (Å²) < 4.78 is 55.8. The van der Waals surface area contributed by atoms with Gasteiger partial charge in [0.1, 0.15) is 0 Å². The fraction of sp³-hybridized carbons (Fsp3) is 0.370. The number of nitrogens with one attached hydrogen (secondary N) is 1. The van der Waals surface area contributed by atoms with Crippen molar-refractivity contribution in [3.63, 3.8) is 0 Å². The highest BCUT2D eigenvalue weighted by Gasteiger charge is 2.30. The molecule has 1 N–H and O–H groups in total. The molecule has 1 saturated heterocycles. The van der Waals surface area contributed by atoms with E-state index in [1.165, 1.54) is 0 Å². The molecule has 2 heterocycles. The highest BCUT2D eigenvalue weighted by Crippen LogP contribution is 2.41. The smallest absolute Gasteiger partial charge is 0.416 e. The van der Waals surface area contributed by atoms with Gasteiger partial charge in [-0.15, -0.1) is 0 Å². The van der Waals surface area contributed by atoms with Crippen molar-refractivity contribution in [1.29, 1.82) is 0 Å². The molecular formula is C27H30F3N3O3. The van der Waals surface area contributed by atoms with E-state index in [1.807, 2.05) is 24.3 Å². The summed E-state index contributed by atoms with van der Waals surface area (Å²) >= 11 is 0. The maximum absolute atomic E-state index is 13.1. The lowest BCUT2D eigenvalue weighted by Gasteiger charge is -2.36. The van der Waals surface area contributed by atoms with E-state index in [0.717, 1.165) is 60.6 Å². The van der Waals surface area contributed by atoms with Crippen LogP contribution in [0.4, 0.5) is 18.9 Å². The number of nitrogens with zero attached hydrogens (tertiary/aromatic N) is 2. The molecule has 0 aliphatic carbocycles. The van der Waals surface area contributed by atoms with Gasteiger partial charge < -0.3 is 24.4 Å². The minimum absolute atomic E-state index is 0.209. The molecule has 4 rings (SSSR count). The molecule has 0 saturated carbocycles. The molecule has 1 fully saturated rings. The van der Waals surface area contributed by atoms with Crippen LogP contribution in [0, 0.1) is 0 Å². The summed E-state index contributed by atoms with van der Waals surface area (Å²) in [6, 6.07) is 13.2. The van der Waals surface area contributed by atoms with E-state index in [9.17, 15) is 13.2 Å². The Hall–Kier alpha value is -3.46. The molecule has 3 aromatic rings. The van der Waals surface area contributed by atoms with Crippen LogP contribution in [0.1, 0.15) is 24.0 Å². The highest BCUT2D eigenvalue weighted by atomic mass is 19.4. The number of methoxy groups -OCH3 is 3. The number of alkyl halides is 3. The number of hydrogen-bond donors (Lipinski definition) is 1. The zero-order valence-electron chi connectivity index (χ0n) is 20.6. The zero-order chi connectivity index (χ0) is 25.7. The number of hydrogen-bond acceptors (Lipinski definition) is 6. The number of ether oxygens (including phenoxy) is 3. The van der Waals surface area contributed by atoms with Crippen LogP contribution >= 0.6 is 0 Å². The van der Waals surface area contributed by atoms with E-state index < -0.39 is 11.7 Å². The number of aromatic nitrogens is 1. The van der Waals surface area contributed by atoms with Crippen molar-refractivity contribution >= 4 is 5.69 Å². The Kier molecular flexibility index (Phi) is 7.88. The van der Waals surface area contributed by atoms with E-state index in [2.05, 4.69) is 15.2 Å². The number of piperidine rings is 1. The number of benzene rings is 2. The monoisotopic (exact) mass is 501 g/mol. The van der Waals surface area contributed by atoms with E-state index in [1.54, 1.807) is 39.7 Å². The normalized spacial score (nSPS) is 14.4. The van der Waals surface area contributed by atoms with Gasteiger partial charge in [0.25, 0.3) is 0 Å². The Labute approximate surface area is 209 Å². The average Bonchev–Trinajstić information content (AvgIpc) is 2.91. The third kappa shape index (κ3) is 5.67. The standard InChI is InChI=1S/C27H30F3N3O3/c1-34-24-15-19(16-25(35-2)26(24)36-3)23-14-18(8-13-32-23)17-33(22-9-11-31-12-10-22)21-6-4-20(5-7-21)27(28,29)30/h4-8,13-16,22,31H,9-12,17H2,1-3H3. The van der Waals surface area contributed by atoms with Gasteiger partial charge in [-0.1, -0.05) is 0 Å². The molecule has 1 aromatic heterocycles. The molecule has 6 nitrogen and oxygen atoms in total. The van der Waals surface area contributed by atoms with Gasteiger partial charge >= 0.3 is 6.18 Å². The van der Waals surface area contributed by atoms with Crippen molar-refractivity contribution in [3.05, 3.63) is 65.9 Å². The fourth-order valence-corrected chi connectivity index (χ4v) is 4.55. The second kappa shape index (κ2) is 11.1. The summed E-state index contributed by atoms with van der Waals surface area (Å²) in [6.45, 7) is 2.28. The minimum Gasteiger partial charge on any atom is -0.493 e. The number of pyridine rings is 1. The van der Waals surface area contributed by atoms with Crippen LogP contribution in [0.3, 0.4) is 0 Å². The van der Waals surface area contributed by atoms with Gasteiger partial charge in [-0.05, 0) is 80.0 Å². The summed E-state index contributed by atoms with van der Waals surface area (Å²) in [6.07, 6.45) is -0.808. The number of halogens is 3. The second-order valence-electron chi connectivity index (χ2n) is 8.62. The van der Waals surface area contributed by atoms with Crippen LogP contribution in [0.5, 0.6) is 17.2 Å². The van der Waals surface area contributed by atoms with E-state index >= 15 is 0 Å².